The molecule has 2 fully saturated rings. The van der Waals surface area contributed by atoms with Gasteiger partial charge in [0.1, 0.15) is 11.5 Å². The van der Waals surface area contributed by atoms with Gasteiger partial charge in [-0.05, 0) is 37.6 Å². The van der Waals surface area contributed by atoms with Gasteiger partial charge >= 0.3 is 0 Å². The van der Waals surface area contributed by atoms with Crippen molar-refractivity contribution in [3.05, 3.63) is 65.5 Å². The number of fused-ring (bicyclic) bond motifs is 1. The molecule has 2 aliphatic rings. The van der Waals surface area contributed by atoms with Crippen molar-refractivity contribution in [3.8, 4) is 0 Å². The summed E-state index contributed by atoms with van der Waals surface area (Å²) in [5.74, 6) is 0.358. The van der Waals surface area contributed by atoms with Crippen molar-refractivity contribution in [3.63, 3.8) is 0 Å². The van der Waals surface area contributed by atoms with E-state index in [9.17, 15) is 9.59 Å². The highest BCUT2D eigenvalue weighted by molar-refractivity contribution is 6.05. The first-order valence-electron chi connectivity index (χ1n) is 11.5. The average molecular weight is 446 g/mol. The normalized spacial score (nSPS) is 19.0. The lowest BCUT2D eigenvalue weighted by atomic mass is 9.95. The third-order valence-electron chi connectivity index (χ3n) is 6.42. The van der Waals surface area contributed by atoms with E-state index in [1.165, 1.54) is 0 Å². The smallest absolute Gasteiger partial charge is 0.273 e. The third-order valence-corrected chi connectivity index (χ3v) is 6.42. The molecule has 0 spiro atoms. The van der Waals surface area contributed by atoms with E-state index < -0.39 is 0 Å². The lowest BCUT2D eigenvalue weighted by Gasteiger charge is -2.36. The second-order valence-corrected chi connectivity index (χ2v) is 8.51. The van der Waals surface area contributed by atoms with Crippen LogP contribution in [0.1, 0.15) is 57.7 Å². The Morgan fingerprint density at radius 3 is 2.67 bits per heavy atom. The fourth-order valence-corrected chi connectivity index (χ4v) is 4.73. The molecule has 5 rings (SSSR count). The molecule has 2 aromatic heterocycles. The summed E-state index contributed by atoms with van der Waals surface area (Å²) < 4.78 is 5.40. The molecule has 1 unspecified atom stereocenters. The molecular formula is C25H27N5O3. The minimum Gasteiger partial charge on any atom is -0.378 e. The highest BCUT2D eigenvalue weighted by Crippen LogP contribution is 2.34. The molecule has 0 N–H and O–H groups in total. The maximum Gasteiger partial charge on any atom is 0.273 e. The van der Waals surface area contributed by atoms with Crippen LogP contribution in [-0.2, 0) is 4.74 Å². The summed E-state index contributed by atoms with van der Waals surface area (Å²) in [4.78, 5) is 44.2. The number of likely N-dealkylation sites (tertiary alicyclic amines) is 1. The summed E-state index contributed by atoms with van der Waals surface area (Å²) in [6, 6.07) is 9.39. The first-order chi connectivity index (χ1) is 16.1. The Morgan fingerprint density at radius 2 is 1.82 bits per heavy atom. The number of aromatic nitrogens is 3. The van der Waals surface area contributed by atoms with Gasteiger partial charge in [-0.15, -0.1) is 0 Å². The molecule has 1 atom stereocenters. The van der Waals surface area contributed by atoms with Crippen LogP contribution < -0.4 is 0 Å². The number of piperidine rings is 1. The highest BCUT2D eigenvalue weighted by Gasteiger charge is 2.35. The molecule has 2 saturated heterocycles. The van der Waals surface area contributed by atoms with E-state index >= 15 is 0 Å². The summed E-state index contributed by atoms with van der Waals surface area (Å²) >= 11 is 0. The van der Waals surface area contributed by atoms with Crippen LogP contribution in [0.4, 0.5) is 0 Å². The second kappa shape index (κ2) is 9.23. The number of hydrogen-bond donors (Lipinski definition) is 0. The van der Waals surface area contributed by atoms with E-state index in [0.717, 1.165) is 30.0 Å². The van der Waals surface area contributed by atoms with Crippen LogP contribution in [-0.4, -0.2) is 69.4 Å². The van der Waals surface area contributed by atoms with Crippen molar-refractivity contribution in [1.82, 2.24) is 24.8 Å². The largest absolute Gasteiger partial charge is 0.378 e. The first-order valence-corrected chi connectivity index (χ1v) is 11.5. The zero-order valence-electron chi connectivity index (χ0n) is 18.7. The summed E-state index contributed by atoms with van der Waals surface area (Å²) in [7, 11) is 0. The molecule has 4 heterocycles. The van der Waals surface area contributed by atoms with Gasteiger partial charge < -0.3 is 14.5 Å². The van der Waals surface area contributed by atoms with E-state index in [1.807, 2.05) is 42.2 Å². The molecule has 2 aliphatic heterocycles. The number of pyridine rings is 1. The highest BCUT2D eigenvalue weighted by atomic mass is 16.5. The van der Waals surface area contributed by atoms with Gasteiger partial charge in [-0.3, -0.25) is 14.6 Å². The number of hydrogen-bond acceptors (Lipinski definition) is 6. The van der Waals surface area contributed by atoms with Gasteiger partial charge in [0.2, 0.25) is 0 Å². The first kappa shape index (κ1) is 21.5. The van der Waals surface area contributed by atoms with Crippen molar-refractivity contribution >= 4 is 22.6 Å². The third kappa shape index (κ3) is 4.18. The SMILES string of the molecule is Cc1ncc(C(=O)N2CCOCC2)c(C2CCCCN2C(=O)c2nccc3ccccc23)n1. The van der Waals surface area contributed by atoms with Gasteiger partial charge in [0, 0.05) is 37.4 Å². The molecule has 33 heavy (non-hydrogen) atoms. The van der Waals surface area contributed by atoms with Gasteiger partial charge in [-0.25, -0.2) is 9.97 Å². The molecule has 0 aliphatic carbocycles. The summed E-state index contributed by atoms with van der Waals surface area (Å²) in [6.45, 7) is 4.54. The number of ether oxygens (including phenoxy) is 1. The minimum atomic E-state index is -0.297. The van der Waals surface area contributed by atoms with Crippen molar-refractivity contribution in [1.29, 1.82) is 0 Å². The summed E-state index contributed by atoms with van der Waals surface area (Å²) in [6.07, 6.45) is 5.91. The van der Waals surface area contributed by atoms with Gasteiger partial charge in [-0.1, -0.05) is 24.3 Å². The molecule has 2 amide bonds. The predicted octanol–water partition coefficient (Wildman–Crippen LogP) is 3.17. The fraction of sp³-hybridized carbons (Fsp3) is 0.400. The van der Waals surface area contributed by atoms with E-state index in [1.54, 1.807) is 17.3 Å². The number of amides is 2. The van der Waals surface area contributed by atoms with Crippen LogP contribution in [0.5, 0.6) is 0 Å². The number of aryl methyl sites for hydroxylation is 1. The van der Waals surface area contributed by atoms with E-state index in [2.05, 4.69) is 9.97 Å². The zero-order valence-corrected chi connectivity index (χ0v) is 18.7. The quantitative estimate of drug-likeness (QED) is 0.615. The lowest BCUT2D eigenvalue weighted by Crippen LogP contribution is -2.43. The molecule has 8 nitrogen and oxygen atoms in total. The molecule has 3 aromatic rings. The van der Waals surface area contributed by atoms with Crippen LogP contribution in [0.15, 0.2) is 42.7 Å². The van der Waals surface area contributed by atoms with E-state index in [0.29, 0.717) is 55.6 Å². The van der Waals surface area contributed by atoms with E-state index in [4.69, 9.17) is 9.72 Å². The van der Waals surface area contributed by atoms with Crippen LogP contribution in [0.25, 0.3) is 10.8 Å². The molecule has 0 radical (unpaired) electrons. The Balaban J connectivity index is 1.53. The Hall–Kier alpha value is -3.39. The molecule has 170 valence electrons. The number of carbonyl (C=O) groups excluding carboxylic acids is 2. The topological polar surface area (TPSA) is 88.5 Å². The van der Waals surface area contributed by atoms with Gasteiger partial charge in [0.05, 0.1) is 30.5 Å². The monoisotopic (exact) mass is 445 g/mol. The van der Waals surface area contributed by atoms with Crippen LogP contribution in [0.2, 0.25) is 0 Å². The van der Waals surface area contributed by atoms with Crippen LogP contribution >= 0.6 is 0 Å². The molecule has 1 aromatic carbocycles. The number of nitrogens with zero attached hydrogens (tertiary/aromatic N) is 5. The number of benzene rings is 1. The standard InChI is InChI=1S/C25H27N5O3/c1-17-27-16-20(24(31)29-12-14-33-15-13-29)22(28-17)21-8-4-5-11-30(21)25(32)23-19-7-3-2-6-18(19)9-10-26-23/h2-3,6-7,9-10,16,21H,4-5,8,11-15H2,1H3. The number of carbonyl (C=O) groups is 2. The van der Waals surface area contributed by atoms with Gasteiger partial charge in [0.25, 0.3) is 11.8 Å². The Bertz CT molecular complexity index is 1190. The molecule has 0 bridgehead atoms. The van der Waals surface area contributed by atoms with Crippen molar-refractivity contribution in [2.24, 2.45) is 0 Å². The summed E-state index contributed by atoms with van der Waals surface area (Å²) in [5.41, 5.74) is 1.54. The molecule has 8 heteroatoms. The fourth-order valence-electron chi connectivity index (χ4n) is 4.73. The van der Waals surface area contributed by atoms with Crippen molar-refractivity contribution in [2.75, 3.05) is 32.8 Å². The maximum atomic E-state index is 13.8. The van der Waals surface area contributed by atoms with Crippen molar-refractivity contribution < 1.29 is 14.3 Å². The average Bonchev–Trinajstić information content (AvgIpc) is 2.88. The number of rotatable bonds is 3. The minimum absolute atomic E-state index is 0.102. The Morgan fingerprint density at radius 1 is 1.00 bits per heavy atom. The van der Waals surface area contributed by atoms with Crippen molar-refractivity contribution in [2.45, 2.75) is 32.2 Å². The Kier molecular flexibility index (Phi) is 6.00. The molecular weight excluding hydrogens is 418 g/mol. The molecule has 0 saturated carbocycles. The Labute approximate surface area is 192 Å². The second-order valence-electron chi connectivity index (χ2n) is 8.51. The van der Waals surface area contributed by atoms with Crippen LogP contribution in [0.3, 0.4) is 0 Å². The van der Waals surface area contributed by atoms with Gasteiger partial charge in [0.15, 0.2) is 0 Å². The number of morpholine rings is 1. The van der Waals surface area contributed by atoms with Crippen LogP contribution in [0, 0.1) is 6.92 Å². The predicted molar refractivity (Wildman–Crippen MR) is 123 cm³/mol. The summed E-state index contributed by atoms with van der Waals surface area (Å²) in [5, 5.41) is 1.81. The van der Waals surface area contributed by atoms with E-state index in [-0.39, 0.29) is 17.9 Å². The zero-order chi connectivity index (χ0) is 22.8. The maximum absolute atomic E-state index is 13.8. The van der Waals surface area contributed by atoms with Gasteiger partial charge in [-0.2, -0.15) is 0 Å². The lowest BCUT2D eigenvalue weighted by molar-refractivity contribution is 0.0297.